The maximum atomic E-state index is 5.50. The van der Waals surface area contributed by atoms with Crippen molar-refractivity contribution in [3.05, 3.63) is 64.3 Å². The number of methoxy groups -OCH3 is 1. The molecule has 3 aromatic rings. The zero-order valence-corrected chi connectivity index (χ0v) is 15.0. The highest BCUT2D eigenvalue weighted by atomic mass is 79.9. The average Bonchev–Trinajstić information content (AvgIpc) is 3.03. The van der Waals surface area contributed by atoms with Gasteiger partial charge in [-0.05, 0) is 43.3 Å². The second kappa shape index (κ2) is 7.20. The standard InChI is InChI=1S/C19H21BrN2O/c1-21-11-10-14(13-6-4-3-5-7-13)15-12-22-19-17(23-2)9-8-16(20)18(15)19/h3-9,12,14,21-22H,10-11H2,1-2H3. The largest absolute Gasteiger partial charge is 0.495 e. The summed E-state index contributed by atoms with van der Waals surface area (Å²) in [6.07, 6.45) is 3.16. The molecule has 1 aromatic heterocycles. The molecule has 2 N–H and O–H groups in total. The van der Waals surface area contributed by atoms with Gasteiger partial charge in [-0.1, -0.05) is 46.3 Å². The van der Waals surface area contributed by atoms with Crippen molar-refractivity contribution in [2.75, 3.05) is 20.7 Å². The van der Waals surface area contributed by atoms with E-state index in [1.807, 2.05) is 13.1 Å². The van der Waals surface area contributed by atoms with Crippen molar-refractivity contribution in [3.63, 3.8) is 0 Å². The number of hydrogen-bond acceptors (Lipinski definition) is 2. The molecule has 23 heavy (non-hydrogen) atoms. The average molecular weight is 373 g/mol. The van der Waals surface area contributed by atoms with Crippen LogP contribution in [0.2, 0.25) is 0 Å². The van der Waals surface area contributed by atoms with Crippen LogP contribution >= 0.6 is 15.9 Å². The summed E-state index contributed by atoms with van der Waals surface area (Å²) in [4.78, 5) is 3.40. The number of aromatic amines is 1. The lowest BCUT2D eigenvalue weighted by Gasteiger charge is -2.18. The summed E-state index contributed by atoms with van der Waals surface area (Å²) in [5, 5.41) is 4.47. The molecule has 0 aliphatic heterocycles. The summed E-state index contributed by atoms with van der Waals surface area (Å²) in [6.45, 7) is 0.966. The monoisotopic (exact) mass is 372 g/mol. The molecule has 0 aliphatic rings. The van der Waals surface area contributed by atoms with Crippen molar-refractivity contribution >= 4 is 26.8 Å². The Hall–Kier alpha value is -1.78. The molecule has 0 saturated carbocycles. The lowest BCUT2D eigenvalue weighted by atomic mass is 9.88. The second-order valence-corrected chi connectivity index (χ2v) is 6.45. The minimum atomic E-state index is 0.334. The lowest BCUT2D eigenvalue weighted by molar-refractivity contribution is 0.419. The van der Waals surface area contributed by atoms with Gasteiger partial charge < -0.3 is 15.0 Å². The normalized spacial score (nSPS) is 12.5. The van der Waals surface area contributed by atoms with E-state index in [2.05, 4.69) is 68.8 Å². The molecule has 4 heteroatoms. The van der Waals surface area contributed by atoms with Gasteiger partial charge >= 0.3 is 0 Å². The van der Waals surface area contributed by atoms with Crippen molar-refractivity contribution < 1.29 is 4.74 Å². The molecule has 0 saturated heterocycles. The van der Waals surface area contributed by atoms with Crippen LogP contribution in [0, 0.1) is 0 Å². The van der Waals surface area contributed by atoms with Crippen molar-refractivity contribution in [1.29, 1.82) is 0 Å². The molecule has 0 amide bonds. The Morgan fingerprint density at radius 3 is 2.65 bits per heavy atom. The predicted molar refractivity (Wildman–Crippen MR) is 99.4 cm³/mol. The van der Waals surface area contributed by atoms with Crippen LogP contribution in [0.5, 0.6) is 5.75 Å². The van der Waals surface area contributed by atoms with Gasteiger partial charge in [-0.25, -0.2) is 0 Å². The highest BCUT2D eigenvalue weighted by molar-refractivity contribution is 9.10. The van der Waals surface area contributed by atoms with E-state index >= 15 is 0 Å². The summed E-state index contributed by atoms with van der Waals surface area (Å²) < 4.78 is 6.59. The van der Waals surface area contributed by atoms with Crippen LogP contribution in [0.1, 0.15) is 23.5 Å². The fourth-order valence-corrected chi connectivity index (χ4v) is 3.69. The number of hydrogen-bond donors (Lipinski definition) is 2. The minimum absolute atomic E-state index is 0.334. The SMILES string of the molecule is CNCCC(c1ccccc1)c1c[nH]c2c(OC)ccc(Br)c12. The number of aromatic nitrogens is 1. The highest BCUT2D eigenvalue weighted by Crippen LogP contribution is 2.39. The fraction of sp³-hybridized carbons (Fsp3) is 0.263. The van der Waals surface area contributed by atoms with Gasteiger partial charge in [0.25, 0.3) is 0 Å². The van der Waals surface area contributed by atoms with Crippen LogP contribution < -0.4 is 10.1 Å². The summed E-state index contributed by atoms with van der Waals surface area (Å²) in [7, 11) is 3.70. The van der Waals surface area contributed by atoms with Gasteiger partial charge in [0.2, 0.25) is 0 Å². The third-order valence-electron chi connectivity index (χ3n) is 4.26. The Kier molecular flexibility index (Phi) is 5.03. The van der Waals surface area contributed by atoms with E-state index in [1.54, 1.807) is 7.11 Å². The molecule has 0 fully saturated rings. The van der Waals surface area contributed by atoms with Crippen molar-refractivity contribution in [1.82, 2.24) is 10.3 Å². The fourth-order valence-electron chi connectivity index (χ4n) is 3.13. The molecule has 2 aromatic carbocycles. The number of rotatable bonds is 6. The van der Waals surface area contributed by atoms with E-state index in [-0.39, 0.29) is 0 Å². The Morgan fingerprint density at radius 1 is 1.17 bits per heavy atom. The zero-order chi connectivity index (χ0) is 16.2. The molecule has 1 unspecified atom stereocenters. The van der Waals surface area contributed by atoms with Gasteiger partial charge in [-0.15, -0.1) is 0 Å². The Balaban J connectivity index is 2.15. The predicted octanol–water partition coefficient (Wildman–Crippen LogP) is 4.68. The third-order valence-corrected chi connectivity index (χ3v) is 4.92. The smallest absolute Gasteiger partial charge is 0.142 e. The number of benzene rings is 2. The first-order valence-corrected chi connectivity index (χ1v) is 8.58. The first-order chi connectivity index (χ1) is 11.3. The van der Waals surface area contributed by atoms with Gasteiger partial charge in [0.05, 0.1) is 12.6 Å². The van der Waals surface area contributed by atoms with Crippen molar-refractivity contribution in [2.24, 2.45) is 0 Å². The van der Waals surface area contributed by atoms with Crippen LogP contribution in [-0.4, -0.2) is 25.7 Å². The van der Waals surface area contributed by atoms with Crippen LogP contribution in [0.4, 0.5) is 0 Å². The second-order valence-electron chi connectivity index (χ2n) is 5.60. The van der Waals surface area contributed by atoms with Crippen LogP contribution in [0.3, 0.4) is 0 Å². The summed E-state index contributed by atoms with van der Waals surface area (Å²) in [5.41, 5.74) is 3.67. The third kappa shape index (κ3) is 3.14. The van der Waals surface area contributed by atoms with Crippen molar-refractivity contribution in [2.45, 2.75) is 12.3 Å². The van der Waals surface area contributed by atoms with E-state index in [4.69, 9.17) is 4.74 Å². The van der Waals surface area contributed by atoms with Gasteiger partial charge in [0.1, 0.15) is 5.75 Å². The van der Waals surface area contributed by atoms with Gasteiger partial charge in [0, 0.05) is 22.0 Å². The van der Waals surface area contributed by atoms with Gasteiger partial charge in [-0.3, -0.25) is 0 Å². The Labute approximate surface area is 145 Å². The molecular formula is C19H21BrN2O. The minimum Gasteiger partial charge on any atom is -0.495 e. The lowest BCUT2D eigenvalue weighted by Crippen LogP contribution is -2.13. The maximum absolute atomic E-state index is 5.50. The molecule has 0 spiro atoms. The number of nitrogens with one attached hydrogen (secondary N) is 2. The molecule has 3 nitrogen and oxygen atoms in total. The maximum Gasteiger partial charge on any atom is 0.142 e. The number of ether oxygens (including phenoxy) is 1. The molecule has 0 aliphatic carbocycles. The summed E-state index contributed by atoms with van der Waals surface area (Å²) in [6, 6.07) is 14.7. The molecule has 1 heterocycles. The number of halogens is 1. The Morgan fingerprint density at radius 2 is 1.96 bits per heavy atom. The zero-order valence-electron chi connectivity index (χ0n) is 13.4. The van der Waals surface area contributed by atoms with Gasteiger partial charge in [-0.2, -0.15) is 0 Å². The molecular weight excluding hydrogens is 352 g/mol. The summed E-state index contributed by atoms with van der Waals surface area (Å²) >= 11 is 3.71. The molecule has 0 bridgehead atoms. The molecule has 1 atom stereocenters. The highest BCUT2D eigenvalue weighted by Gasteiger charge is 2.20. The van der Waals surface area contributed by atoms with Crippen LogP contribution in [-0.2, 0) is 0 Å². The first kappa shape index (κ1) is 16.1. The van der Waals surface area contributed by atoms with Crippen LogP contribution in [0.25, 0.3) is 10.9 Å². The molecule has 3 rings (SSSR count). The van der Waals surface area contributed by atoms with E-state index in [9.17, 15) is 0 Å². The van der Waals surface area contributed by atoms with E-state index in [1.165, 1.54) is 16.5 Å². The molecule has 120 valence electrons. The topological polar surface area (TPSA) is 37.0 Å². The van der Waals surface area contributed by atoms with E-state index < -0.39 is 0 Å². The van der Waals surface area contributed by atoms with Crippen LogP contribution in [0.15, 0.2) is 53.1 Å². The molecule has 0 radical (unpaired) electrons. The van der Waals surface area contributed by atoms with Gasteiger partial charge in [0.15, 0.2) is 0 Å². The van der Waals surface area contributed by atoms with E-state index in [0.29, 0.717) is 5.92 Å². The summed E-state index contributed by atoms with van der Waals surface area (Å²) in [5.74, 6) is 1.20. The van der Waals surface area contributed by atoms with Crippen molar-refractivity contribution in [3.8, 4) is 5.75 Å². The number of H-pyrrole nitrogens is 1. The first-order valence-electron chi connectivity index (χ1n) is 7.79. The quantitative estimate of drug-likeness (QED) is 0.658. The Bertz CT molecular complexity index is 783. The van der Waals surface area contributed by atoms with E-state index in [0.717, 1.165) is 28.7 Å². The number of fused-ring (bicyclic) bond motifs is 1.